The summed E-state index contributed by atoms with van der Waals surface area (Å²) in [4.78, 5) is 39.2. The second-order valence-corrected chi connectivity index (χ2v) is 11.2. The highest BCUT2D eigenvalue weighted by molar-refractivity contribution is 6.09. The molecule has 0 bridgehead atoms. The molecule has 1 saturated heterocycles. The molecule has 5 aromatic rings. The maximum atomic E-state index is 14.6. The summed E-state index contributed by atoms with van der Waals surface area (Å²) in [6.45, 7) is 2.45. The lowest BCUT2D eigenvalue weighted by atomic mass is 10.0. The third kappa shape index (κ3) is 5.48. The number of nitrogens with zero attached hydrogens (tertiary/aromatic N) is 6. The summed E-state index contributed by atoms with van der Waals surface area (Å²) in [5, 5.41) is 36.7. The molecule has 0 radical (unpaired) electrons. The maximum absolute atomic E-state index is 14.6. The van der Waals surface area contributed by atoms with Crippen LogP contribution >= 0.6 is 0 Å². The molecule has 1 aliphatic heterocycles. The van der Waals surface area contributed by atoms with Crippen LogP contribution in [0.3, 0.4) is 0 Å². The topological polar surface area (TPSA) is 157 Å². The molecule has 232 valence electrons. The number of carboxylic acid groups (broad SMARTS) is 1. The van der Waals surface area contributed by atoms with E-state index in [2.05, 4.69) is 11.2 Å². The molecule has 0 saturated carbocycles. The molecule has 12 nitrogen and oxygen atoms in total. The highest BCUT2D eigenvalue weighted by Crippen LogP contribution is 2.34. The Morgan fingerprint density at radius 3 is 2.65 bits per heavy atom. The number of carboxylic acids is 1. The number of hydrogen-bond acceptors (Lipinski definition) is 7. The summed E-state index contributed by atoms with van der Waals surface area (Å²) in [5.41, 5.74) is 3.29. The van der Waals surface area contributed by atoms with Crippen LogP contribution in [-0.2, 0) is 18.3 Å². The third-order valence-corrected chi connectivity index (χ3v) is 8.52. The Hall–Kier alpha value is -5.80. The zero-order valence-electron chi connectivity index (χ0n) is 25.2. The second-order valence-electron chi connectivity index (χ2n) is 11.2. The Labute approximate surface area is 263 Å². The van der Waals surface area contributed by atoms with Crippen molar-refractivity contribution < 1.29 is 24.4 Å². The van der Waals surface area contributed by atoms with E-state index >= 15 is 0 Å². The van der Waals surface area contributed by atoms with Gasteiger partial charge >= 0.3 is 5.97 Å². The summed E-state index contributed by atoms with van der Waals surface area (Å²) in [5.74, 6) is -1.65. The monoisotopic (exact) mass is 618 g/mol. The summed E-state index contributed by atoms with van der Waals surface area (Å²) in [6.07, 6.45) is 4.37. The van der Waals surface area contributed by atoms with Crippen molar-refractivity contribution in [2.45, 2.75) is 39.0 Å². The van der Waals surface area contributed by atoms with Gasteiger partial charge in [0.15, 0.2) is 6.23 Å². The Morgan fingerprint density at radius 1 is 1.13 bits per heavy atom. The Kier molecular flexibility index (Phi) is 8.08. The minimum atomic E-state index is -1.25. The maximum Gasteiger partial charge on any atom is 0.336 e. The first-order valence-electron chi connectivity index (χ1n) is 14.7. The van der Waals surface area contributed by atoms with E-state index in [0.29, 0.717) is 34.8 Å². The fourth-order valence-electron chi connectivity index (χ4n) is 5.92. The standard InChI is InChI=1S/C34H30N6O6/c1-21-28(17-31(37(21)2)29-15-26(40(44)45)12-13-27(29)34(42)43)33(41)38(20-24-8-4-3-7-22(24)18-35)25-11-10-23-19-36-39(30(23)16-25)32-9-5-6-14-46-32/h3-4,7-8,10-13,15-17,19,32H,5-6,9,14,20H2,1-2H3,(H,42,43). The van der Waals surface area contributed by atoms with Crippen LogP contribution in [0.2, 0.25) is 0 Å². The molecule has 1 aliphatic rings. The number of non-ortho nitro benzene ring substituents is 1. The fourth-order valence-corrected chi connectivity index (χ4v) is 5.92. The third-order valence-electron chi connectivity index (χ3n) is 8.52. The van der Waals surface area contributed by atoms with Crippen LogP contribution in [0.5, 0.6) is 0 Å². The fraction of sp³-hybridized carbons (Fsp3) is 0.235. The van der Waals surface area contributed by atoms with Gasteiger partial charge in [-0.1, -0.05) is 18.2 Å². The number of rotatable bonds is 8. The molecule has 6 rings (SSSR count). The lowest BCUT2D eigenvalue weighted by molar-refractivity contribution is -0.384. The number of anilines is 1. The van der Waals surface area contributed by atoms with Crippen molar-refractivity contribution in [3.63, 3.8) is 0 Å². The highest BCUT2D eigenvalue weighted by Gasteiger charge is 2.28. The zero-order chi connectivity index (χ0) is 32.5. The second kappa shape index (κ2) is 12.3. The Balaban J connectivity index is 1.48. The van der Waals surface area contributed by atoms with Crippen LogP contribution in [0.4, 0.5) is 11.4 Å². The van der Waals surface area contributed by atoms with Crippen LogP contribution < -0.4 is 4.90 Å². The van der Waals surface area contributed by atoms with Crippen molar-refractivity contribution in [3.05, 3.63) is 111 Å². The smallest absolute Gasteiger partial charge is 0.336 e. The first kappa shape index (κ1) is 30.2. The summed E-state index contributed by atoms with van der Waals surface area (Å²) in [7, 11) is 1.68. The first-order chi connectivity index (χ1) is 22.2. The van der Waals surface area contributed by atoms with Gasteiger partial charge < -0.3 is 19.3 Å². The van der Waals surface area contributed by atoms with Gasteiger partial charge in [-0.25, -0.2) is 9.48 Å². The molecule has 1 fully saturated rings. The van der Waals surface area contributed by atoms with E-state index < -0.39 is 16.8 Å². The van der Waals surface area contributed by atoms with Crippen molar-refractivity contribution in [3.8, 4) is 17.3 Å². The van der Waals surface area contributed by atoms with E-state index in [9.17, 15) is 30.1 Å². The molecule has 12 heteroatoms. The molecule has 1 N–H and O–H groups in total. The highest BCUT2D eigenvalue weighted by atomic mass is 16.6. The molecule has 1 atom stereocenters. The number of aromatic nitrogens is 3. The number of benzene rings is 3. The van der Waals surface area contributed by atoms with Crippen molar-refractivity contribution in [1.29, 1.82) is 5.26 Å². The van der Waals surface area contributed by atoms with Crippen molar-refractivity contribution in [1.82, 2.24) is 14.3 Å². The number of carbonyl (C=O) groups is 2. The molecular weight excluding hydrogens is 588 g/mol. The number of hydrogen-bond donors (Lipinski definition) is 1. The number of nitro benzene ring substituents is 1. The van der Waals surface area contributed by atoms with Gasteiger partial charge in [0.1, 0.15) is 0 Å². The minimum absolute atomic E-state index is 0.0724. The van der Waals surface area contributed by atoms with Crippen LogP contribution in [-0.4, -0.2) is 42.9 Å². The first-order valence-corrected chi connectivity index (χ1v) is 14.7. The lowest BCUT2D eigenvalue weighted by Crippen LogP contribution is -2.31. The average molecular weight is 619 g/mol. The number of carbonyl (C=O) groups excluding carboxylic acids is 1. The van der Waals surface area contributed by atoms with E-state index in [4.69, 9.17) is 4.74 Å². The van der Waals surface area contributed by atoms with Gasteiger partial charge in [-0.3, -0.25) is 14.9 Å². The normalized spacial score (nSPS) is 14.6. The van der Waals surface area contributed by atoms with Gasteiger partial charge in [0.25, 0.3) is 11.6 Å². The zero-order valence-corrected chi connectivity index (χ0v) is 25.2. The van der Waals surface area contributed by atoms with Gasteiger partial charge in [0, 0.05) is 53.8 Å². The summed E-state index contributed by atoms with van der Waals surface area (Å²) in [6, 6.07) is 20.0. The van der Waals surface area contributed by atoms with Gasteiger partial charge in [-0.15, -0.1) is 0 Å². The number of nitriles is 1. The van der Waals surface area contributed by atoms with Gasteiger partial charge in [0.05, 0.1) is 45.9 Å². The lowest BCUT2D eigenvalue weighted by Gasteiger charge is -2.25. The van der Waals surface area contributed by atoms with E-state index in [-0.39, 0.29) is 35.2 Å². The SMILES string of the molecule is Cc1c(C(=O)N(Cc2ccccc2C#N)c2ccc3cnn(C4CCCCO4)c3c2)cc(-c2cc([N+](=O)[O-])ccc2C(=O)O)n1C. The molecule has 3 aromatic carbocycles. The van der Waals surface area contributed by atoms with Gasteiger partial charge in [0.2, 0.25) is 0 Å². The van der Waals surface area contributed by atoms with E-state index in [1.807, 2.05) is 22.9 Å². The molecule has 2 aromatic heterocycles. The predicted octanol–water partition coefficient (Wildman–Crippen LogP) is 6.37. The van der Waals surface area contributed by atoms with E-state index in [1.54, 1.807) is 60.0 Å². The Bertz CT molecular complexity index is 2050. The number of aromatic carboxylic acids is 1. The average Bonchev–Trinajstić information content (AvgIpc) is 3.63. The molecule has 3 heterocycles. The molecule has 1 amide bonds. The van der Waals surface area contributed by atoms with Crippen molar-refractivity contribution in [2.24, 2.45) is 7.05 Å². The molecular formula is C34H30N6O6. The molecule has 1 unspecified atom stereocenters. The van der Waals surface area contributed by atoms with Crippen LogP contribution in [0.25, 0.3) is 22.2 Å². The van der Waals surface area contributed by atoms with E-state index in [1.165, 1.54) is 12.1 Å². The number of nitro groups is 1. The molecule has 46 heavy (non-hydrogen) atoms. The van der Waals surface area contributed by atoms with Gasteiger partial charge in [-0.2, -0.15) is 10.4 Å². The van der Waals surface area contributed by atoms with Crippen molar-refractivity contribution in [2.75, 3.05) is 11.5 Å². The number of ether oxygens (including phenoxy) is 1. The van der Waals surface area contributed by atoms with Crippen LogP contribution in [0.1, 0.15) is 63.0 Å². The van der Waals surface area contributed by atoms with Crippen LogP contribution in [0.15, 0.2) is 72.9 Å². The Morgan fingerprint density at radius 2 is 1.93 bits per heavy atom. The predicted molar refractivity (Wildman–Crippen MR) is 169 cm³/mol. The summed E-state index contributed by atoms with van der Waals surface area (Å²) < 4.78 is 9.48. The van der Waals surface area contributed by atoms with Gasteiger partial charge in [-0.05, 0) is 68.1 Å². The minimum Gasteiger partial charge on any atom is -0.478 e. The molecule has 0 spiro atoms. The number of fused-ring (bicyclic) bond motifs is 1. The number of amides is 1. The molecule has 0 aliphatic carbocycles. The summed E-state index contributed by atoms with van der Waals surface area (Å²) >= 11 is 0. The van der Waals surface area contributed by atoms with Crippen LogP contribution in [0, 0.1) is 28.4 Å². The quantitative estimate of drug-likeness (QED) is 0.155. The largest absolute Gasteiger partial charge is 0.478 e. The van der Waals surface area contributed by atoms with E-state index in [0.717, 1.165) is 36.2 Å². The van der Waals surface area contributed by atoms with Crippen molar-refractivity contribution >= 4 is 34.2 Å².